The van der Waals surface area contributed by atoms with Crippen molar-refractivity contribution in [3.63, 3.8) is 0 Å². The van der Waals surface area contributed by atoms with Crippen molar-refractivity contribution in [2.24, 2.45) is 10.7 Å². The van der Waals surface area contributed by atoms with Crippen molar-refractivity contribution < 1.29 is 4.74 Å². The van der Waals surface area contributed by atoms with E-state index in [2.05, 4.69) is 4.99 Å². The number of nitrogens with zero attached hydrogens (tertiary/aromatic N) is 1. The summed E-state index contributed by atoms with van der Waals surface area (Å²) in [6.07, 6.45) is 0. The van der Waals surface area contributed by atoms with Crippen LogP contribution in [0.3, 0.4) is 0 Å². The Bertz CT molecular complexity index is 624. The van der Waals surface area contributed by atoms with Gasteiger partial charge in [0.25, 0.3) is 0 Å². The molecule has 5 heteroatoms. The highest BCUT2D eigenvalue weighted by Gasteiger charge is 2.09. The number of aliphatic imine (C=N–C) groups is 1. The number of hydrogen-bond donors (Lipinski definition) is 1. The van der Waals surface area contributed by atoms with Crippen LogP contribution < -0.4 is 10.5 Å². The first-order chi connectivity index (χ1) is 9.60. The Kier molecular flexibility index (Phi) is 4.88. The number of rotatable bonds is 4. The van der Waals surface area contributed by atoms with Crippen molar-refractivity contribution in [2.75, 3.05) is 5.88 Å². The van der Waals surface area contributed by atoms with Crippen molar-refractivity contribution in [1.82, 2.24) is 0 Å². The Hall–Kier alpha value is -1.71. The molecule has 0 spiro atoms. The van der Waals surface area contributed by atoms with E-state index in [9.17, 15) is 0 Å². The van der Waals surface area contributed by atoms with Crippen LogP contribution in [0.1, 0.15) is 5.56 Å². The van der Waals surface area contributed by atoms with Crippen LogP contribution in [0.2, 0.25) is 5.02 Å². The third-order valence-electron chi connectivity index (χ3n) is 2.59. The number of para-hydroxylation sites is 1. The standard InChI is InChI=1S/C15H14Cl2N2O/c1-10-5-7-11(8-6-10)20-15-12(17)3-2-4-13(15)19-14(18)9-16/h2-8H,9H2,1H3,(H2,18,19). The molecule has 0 fully saturated rings. The van der Waals surface area contributed by atoms with E-state index in [1.54, 1.807) is 18.2 Å². The normalized spacial score (nSPS) is 11.4. The Morgan fingerprint density at radius 2 is 1.90 bits per heavy atom. The van der Waals surface area contributed by atoms with Gasteiger partial charge in [0.1, 0.15) is 17.3 Å². The third kappa shape index (κ3) is 3.65. The maximum absolute atomic E-state index is 6.17. The molecule has 2 N–H and O–H groups in total. The van der Waals surface area contributed by atoms with Crippen molar-refractivity contribution in [2.45, 2.75) is 6.92 Å². The Labute approximate surface area is 128 Å². The molecule has 0 radical (unpaired) electrons. The van der Waals surface area contributed by atoms with Crippen LogP contribution in [0.4, 0.5) is 5.69 Å². The van der Waals surface area contributed by atoms with Gasteiger partial charge >= 0.3 is 0 Å². The summed E-state index contributed by atoms with van der Waals surface area (Å²) in [4.78, 5) is 4.21. The fourth-order valence-electron chi connectivity index (χ4n) is 1.60. The third-order valence-corrected chi connectivity index (χ3v) is 3.16. The second kappa shape index (κ2) is 6.64. The molecule has 2 aromatic carbocycles. The molecule has 0 aromatic heterocycles. The van der Waals surface area contributed by atoms with Crippen LogP contribution >= 0.6 is 23.2 Å². The maximum Gasteiger partial charge on any atom is 0.171 e. The van der Waals surface area contributed by atoms with Gasteiger partial charge < -0.3 is 10.5 Å². The highest BCUT2D eigenvalue weighted by molar-refractivity contribution is 6.32. The molecule has 0 aliphatic heterocycles. The van der Waals surface area contributed by atoms with E-state index in [-0.39, 0.29) is 5.88 Å². The number of aryl methyl sites for hydroxylation is 1. The zero-order valence-corrected chi connectivity index (χ0v) is 12.4. The van der Waals surface area contributed by atoms with E-state index < -0.39 is 0 Å². The smallest absolute Gasteiger partial charge is 0.171 e. The molecule has 0 saturated carbocycles. The first-order valence-electron chi connectivity index (χ1n) is 6.02. The lowest BCUT2D eigenvalue weighted by atomic mass is 10.2. The lowest BCUT2D eigenvalue weighted by molar-refractivity contribution is 0.484. The summed E-state index contributed by atoms with van der Waals surface area (Å²) in [5, 5.41) is 0.467. The molecule has 2 aromatic rings. The van der Waals surface area contributed by atoms with Gasteiger partial charge in [0, 0.05) is 0 Å². The molecule has 20 heavy (non-hydrogen) atoms. The molecule has 0 heterocycles. The maximum atomic E-state index is 6.17. The van der Waals surface area contributed by atoms with Gasteiger partial charge in [0.2, 0.25) is 0 Å². The molecular formula is C15H14Cl2N2O. The van der Waals surface area contributed by atoms with E-state index in [0.29, 0.717) is 28.0 Å². The summed E-state index contributed by atoms with van der Waals surface area (Å²) < 4.78 is 5.80. The number of nitrogens with two attached hydrogens (primary N) is 1. The van der Waals surface area contributed by atoms with Gasteiger partial charge in [-0.3, -0.25) is 0 Å². The predicted octanol–water partition coefficient (Wildman–Crippen LogP) is 4.67. The van der Waals surface area contributed by atoms with Gasteiger partial charge in [-0.1, -0.05) is 35.4 Å². The first kappa shape index (κ1) is 14.7. The summed E-state index contributed by atoms with van der Waals surface area (Å²) in [6.45, 7) is 2.01. The molecule has 0 aliphatic rings. The first-order valence-corrected chi connectivity index (χ1v) is 6.93. The SMILES string of the molecule is Cc1ccc(Oc2c(Cl)cccc2N=C(N)CCl)cc1. The lowest BCUT2D eigenvalue weighted by Crippen LogP contribution is -2.12. The highest BCUT2D eigenvalue weighted by atomic mass is 35.5. The molecule has 2 rings (SSSR count). The van der Waals surface area contributed by atoms with Crippen molar-refractivity contribution >= 4 is 34.7 Å². The van der Waals surface area contributed by atoms with Crippen LogP contribution in [0, 0.1) is 6.92 Å². The number of amidine groups is 1. The van der Waals surface area contributed by atoms with Gasteiger partial charge in [-0.2, -0.15) is 0 Å². The summed E-state index contributed by atoms with van der Waals surface area (Å²) in [5.41, 5.74) is 7.36. The highest BCUT2D eigenvalue weighted by Crippen LogP contribution is 2.38. The van der Waals surface area contributed by atoms with E-state index in [1.807, 2.05) is 31.2 Å². The molecule has 0 bridgehead atoms. The fourth-order valence-corrected chi connectivity index (χ4v) is 1.86. The molecular weight excluding hydrogens is 295 g/mol. The van der Waals surface area contributed by atoms with Crippen LogP contribution in [0.5, 0.6) is 11.5 Å². The molecule has 0 amide bonds. The zero-order valence-electron chi connectivity index (χ0n) is 10.9. The van der Waals surface area contributed by atoms with E-state index in [1.165, 1.54) is 0 Å². The van der Waals surface area contributed by atoms with Crippen molar-refractivity contribution in [3.05, 3.63) is 53.1 Å². The van der Waals surface area contributed by atoms with Crippen molar-refractivity contribution in [1.29, 1.82) is 0 Å². The molecule has 0 unspecified atom stereocenters. The van der Waals surface area contributed by atoms with E-state index in [0.717, 1.165) is 5.56 Å². The average Bonchev–Trinajstić information content (AvgIpc) is 2.44. The summed E-state index contributed by atoms with van der Waals surface area (Å²) in [6, 6.07) is 13.0. The van der Waals surface area contributed by atoms with Gasteiger partial charge in [0.05, 0.1) is 10.9 Å². The summed E-state index contributed by atoms with van der Waals surface area (Å²) in [7, 11) is 0. The fraction of sp³-hybridized carbons (Fsp3) is 0.133. The monoisotopic (exact) mass is 308 g/mol. The number of hydrogen-bond acceptors (Lipinski definition) is 2. The second-order valence-electron chi connectivity index (χ2n) is 4.24. The van der Waals surface area contributed by atoms with E-state index in [4.69, 9.17) is 33.7 Å². The van der Waals surface area contributed by atoms with Crippen LogP contribution in [-0.2, 0) is 0 Å². The summed E-state index contributed by atoms with van der Waals surface area (Å²) >= 11 is 11.8. The minimum absolute atomic E-state index is 0.149. The summed E-state index contributed by atoms with van der Waals surface area (Å²) in [5.74, 6) is 1.61. The van der Waals surface area contributed by atoms with Gasteiger partial charge in [-0.15, -0.1) is 11.6 Å². The Balaban J connectivity index is 2.37. The molecule has 104 valence electrons. The van der Waals surface area contributed by atoms with Gasteiger partial charge in [-0.25, -0.2) is 4.99 Å². The van der Waals surface area contributed by atoms with Crippen molar-refractivity contribution in [3.8, 4) is 11.5 Å². The molecule has 0 aliphatic carbocycles. The topological polar surface area (TPSA) is 47.6 Å². The largest absolute Gasteiger partial charge is 0.454 e. The number of benzene rings is 2. The minimum atomic E-state index is 0.149. The molecule has 0 saturated heterocycles. The minimum Gasteiger partial charge on any atom is -0.454 e. The van der Waals surface area contributed by atoms with Gasteiger partial charge in [-0.05, 0) is 31.2 Å². The molecule has 0 atom stereocenters. The quantitative estimate of drug-likeness (QED) is 0.507. The van der Waals surface area contributed by atoms with E-state index >= 15 is 0 Å². The van der Waals surface area contributed by atoms with Crippen LogP contribution in [0.15, 0.2) is 47.5 Å². The van der Waals surface area contributed by atoms with Crippen LogP contribution in [0.25, 0.3) is 0 Å². The number of ether oxygens (including phenoxy) is 1. The Morgan fingerprint density at radius 3 is 2.55 bits per heavy atom. The molecule has 3 nitrogen and oxygen atoms in total. The van der Waals surface area contributed by atoms with Gasteiger partial charge in [0.15, 0.2) is 5.75 Å². The predicted molar refractivity (Wildman–Crippen MR) is 84.7 cm³/mol. The zero-order chi connectivity index (χ0) is 14.5. The lowest BCUT2D eigenvalue weighted by Gasteiger charge is -2.10. The van der Waals surface area contributed by atoms with Crippen LogP contribution in [-0.4, -0.2) is 11.7 Å². The number of halogens is 2. The Morgan fingerprint density at radius 1 is 1.20 bits per heavy atom. The average molecular weight is 309 g/mol. The number of alkyl halides is 1. The second-order valence-corrected chi connectivity index (χ2v) is 4.91.